The fourth-order valence-electron chi connectivity index (χ4n) is 5.00. The van der Waals surface area contributed by atoms with Crippen LogP contribution in [0.15, 0.2) is 138 Å². The summed E-state index contributed by atoms with van der Waals surface area (Å²) >= 11 is 0. The normalized spacial score (nSPS) is 11.6. The zero-order chi connectivity index (χ0) is 24.3. The average molecular weight is 481 g/mol. The van der Waals surface area contributed by atoms with Crippen molar-refractivity contribution in [1.29, 1.82) is 0 Å². The third-order valence-electron chi connectivity index (χ3n) is 6.55. The van der Waals surface area contributed by atoms with E-state index in [1.165, 1.54) is 49.4 Å². The maximum Gasteiger partial charge on any atom is 0.0860 e. The van der Waals surface area contributed by atoms with Crippen LogP contribution in [0.5, 0.6) is 0 Å². The Balaban J connectivity index is 1.78. The lowest BCUT2D eigenvalue weighted by atomic mass is 9.92. The maximum atomic E-state index is 5.86. The molecule has 0 aromatic heterocycles. The SMILES string of the molecule is NC=Nc1ccc2ccccc2c1-c1c(P(c2ccccc2)c2ccccc2)ccc2ccccc12. The van der Waals surface area contributed by atoms with E-state index in [9.17, 15) is 0 Å². The molecule has 6 rings (SSSR count). The fourth-order valence-corrected chi connectivity index (χ4v) is 7.48. The fraction of sp³-hybridized carbons (Fsp3) is 0. The van der Waals surface area contributed by atoms with Crippen LogP contribution in [0.4, 0.5) is 5.69 Å². The van der Waals surface area contributed by atoms with Crippen LogP contribution in [0, 0.1) is 0 Å². The van der Waals surface area contributed by atoms with E-state index in [0.717, 1.165) is 11.3 Å². The van der Waals surface area contributed by atoms with Crippen molar-refractivity contribution in [3.63, 3.8) is 0 Å². The molecule has 0 aliphatic heterocycles. The van der Waals surface area contributed by atoms with Gasteiger partial charge in [-0.05, 0) is 51.4 Å². The van der Waals surface area contributed by atoms with Crippen LogP contribution in [-0.2, 0) is 0 Å². The number of hydrogen-bond acceptors (Lipinski definition) is 1. The van der Waals surface area contributed by atoms with Gasteiger partial charge in [0.15, 0.2) is 0 Å². The highest BCUT2D eigenvalue weighted by molar-refractivity contribution is 7.80. The first kappa shape index (κ1) is 22.2. The summed E-state index contributed by atoms with van der Waals surface area (Å²) in [4.78, 5) is 4.65. The van der Waals surface area contributed by atoms with Crippen LogP contribution >= 0.6 is 7.92 Å². The molecule has 0 saturated heterocycles. The summed E-state index contributed by atoms with van der Waals surface area (Å²) in [5, 5.41) is 8.74. The molecule has 2 nitrogen and oxygen atoms in total. The Kier molecular flexibility index (Phi) is 6.03. The molecule has 0 saturated carbocycles. The minimum absolute atomic E-state index is 0.824. The van der Waals surface area contributed by atoms with Gasteiger partial charge in [-0.2, -0.15) is 0 Å². The quantitative estimate of drug-likeness (QED) is 0.160. The van der Waals surface area contributed by atoms with Gasteiger partial charge in [0.25, 0.3) is 0 Å². The van der Waals surface area contributed by atoms with Crippen molar-refractivity contribution in [1.82, 2.24) is 0 Å². The summed E-state index contributed by atoms with van der Waals surface area (Å²) in [6.45, 7) is 0. The molecule has 0 radical (unpaired) electrons. The Bertz CT molecular complexity index is 1650. The van der Waals surface area contributed by atoms with Gasteiger partial charge >= 0.3 is 0 Å². The predicted octanol–water partition coefficient (Wildman–Crippen LogP) is 7.04. The Morgan fingerprint density at radius 1 is 0.500 bits per heavy atom. The number of hydrogen-bond donors (Lipinski definition) is 1. The minimum atomic E-state index is -0.824. The van der Waals surface area contributed by atoms with Gasteiger partial charge in [-0.25, -0.2) is 4.99 Å². The molecule has 6 aromatic carbocycles. The molecule has 0 amide bonds. The Hall–Kier alpha value is -4.26. The number of nitrogens with zero attached hydrogens (tertiary/aromatic N) is 1. The highest BCUT2D eigenvalue weighted by atomic mass is 31.1. The van der Waals surface area contributed by atoms with E-state index in [1.807, 2.05) is 0 Å². The molecule has 0 spiro atoms. The van der Waals surface area contributed by atoms with E-state index in [-0.39, 0.29) is 0 Å². The molecule has 6 aromatic rings. The Morgan fingerprint density at radius 2 is 1.00 bits per heavy atom. The van der Waals surface area contributed by atoms with Gasteiger partial charge in [-0.3, -0.25) is 0 Å². The van der Waals surface area contributed by atoms with Crippen molar-refractivity contribution in [2.75, 3.05) is 0 Å². The molecule has 0 atom stereocenters. The lowest BCUT2D eigenvalue weighted by Gasteiger charge is -2.25. The van der Waals surface area contributed by atoms with E-state index in [0.29, 0.717) is 0 Å². The second-order valence-corrected chi connectivity index (χ2v) is 10.8. The van der Waals surface area contributed by atoms with Gasteiger partial charge in [0.1, 0.15) is 0 Å². The van der Waals surface area contributed by atoms with E-state index in [4.69, 9.17) is 5.73 Å². The topological polar surface area (TPSA) is 38.4 Å². The van der Waals surface area contributed by atoms with Crippen molar-refractivity contribution in [3.8, 4) is 11.1 Å². The summed E-state index contributed by atoms with van der Waals surface area (Å²) in [5.74, 6) is 0. The number of rotatable bonds is 5. The summed E-state index contributed by atoms with van der Waals surface area (Å²) in [6.07, 6.45) is 1.40. The molecule has 0 heterocycles. The van der Waals surface area contributed by atoms with Crippen LogP contribution < -0.4 is 21.6 Å². The number of fused-ring (bicyclic) bond motifs is 2. The molecule has 36 heavy (non-hydrogen) atoms. The molecular weight excluding hydrogens is 455 g/mol. The first-order valence-corrected chi connectivity index (χ1v) is 13.4. The third kappa shape index (κ3) is 3.96. The average Bonchev–Trinajstić information content (AvgIpc) is 2.95. The van der Waals surface area contributed by atoms with Crippen molar-refractivity contribution < 1.29 is 0 Å². The van der Waals surface area contributed by atoms with Gasteiger partial charge in [0.05, 0.1) is 12.0 Å². The second-order valence-electron chi connectivity index (χ2n) is 8.65. The number of aliphatic imine (C=N–C) groups is 1. The minimum Gasteiger partial charge on any atom is -0.390 e. The monoisotopic (exact) mass is 480 g/mol. The Morgan fingerprint density at radius 3 is 1.58 bits per heavy atom. The van der Waals surface area contributed by atoms with E-state index >= 15 is 0 Å². The molecule has 0 fully saturated rings. The highest BCUT2D eigenvalue weighted by Crippen LogP contribution is 2.45. The summed E-state index contributed by atoms with van der Waals surface area (Å²) in [6, 6.07) is 47.7. The van der Waals surface area contributed by atoms with E-state index in [1.54, 1.807) is 0 Å². The van der Waals surface area contributed by atoms with Crippen molar-refractivity contribution >= 4 is 57.4 Å². The molecule has 0 aliphatic rings. The van der Waals surface area contributed by atoms with Gasteiger partial charge in [-0.15, -0.1) is 0 Å². The molecule has 3 heteroatoms. The van der Waals surface area contributed by atoms with Crippen molar-refractivity contribution in [2.45, 2.75) is 0 Å². The zero-order valence-electron chi connectivity index (χ0n) is 19.8. The lowest BCUT2D eigenvalue weighted by Crippen LogP contribution is -2.22. The smallest absolute Gasteiger partial charge is 0.0860 e. The van der Waals surface area contributed by atoms with E-state index < -0.39 is 7.92 Å². The molecule has 2 N–H and O–H groups in total. The number of nitrogens with two attached hydrogens (primary N) is 1. The van der Waals surface area contributed by atoms with Gasteiger partial charge < -0.3 is 5.73 Å². The first-order valence-electron chi connectivity index (χ1n) is 12.0. The summed E-state index contributed by atoms with van der Waals surface area (Å²) in [7, 11) is -0.824. The lowest BCUT2D eigenvalue weighted by molar-refractivity contribution is 1.53. The van der Waals surface area contributed by atoms with Crippen LogP contribution in [0.3, 0.4) is 0 Å². The van der Waals surface area contributed by atoms with Gasteiger partial charge in [0.2, 0.25) is 0 Å². The Labute approximate surface area is 212 Å². The van der Waals surface area contributed by atoms with Crippen molar-refractivity contribution in [3.05, 3.63) is 133 Å². The van der Waals surface area contributed by atoms with Gasteiger partial charge in [-0.1, -0.05) is 127 Å². The number of benzene rings is 6. The third-order valence-corrected chi connectivity index (χ3v) is 9.03. The molecule has 172 valence electrons. The second kappa shape index (κ2) is 9.77. The summed E-state index contributed by atoms with van der Waals surface area (Å²) < 4.78 is 0. The van der Waals surface area contributed by atoms with Crippen LogP contribution in [0.2, 0.25) is 0 Å². The van der Waals surface area contributed by atoms with Crippen molar-refractivity contribution in [2.24, 2.45) is 10.7 Å². The maximum absolute atomic E-state index is 5.86. The standard InChI is InChI=1S/C33H25N2P/c34-23-35-30-21-19-24-11-7-9-17-28(24)32(30)33-29-18-10-8-12-25(29)20-22-31(33)36(26-13-3-1-4-14-26)27-15-5-2-6-16-27/h1-23H,(H2,34,35). The van der Waals surface area contributed by atoms with Crippen LogP contribution in [0.25, 0.3) is 32.7 Å². The van der Waals surface area contributed by atoms with Crippen LogP contribution in [-0.4, -0.2) is 6.34 Å². The zero-order valence-corrected chi connectivity index (χ0v) is 20.6. The largest absolute Gasteiger partial charge is 0.390 e. The highest BCUT2D eigenvalue weighted by Gasteiger charge is 2.24. The molecule has 0 bridgehead atoms. The molecule has 0 unspecified atom stereocenters. The molecule has 0 aliphatic carbocycles. The first-order chi connectivity index (χ1) is 17.8. The van der Waals surface area contributed by atoms with E-state index in [2.05, 4.69) is 138 Å². The summed E-state index contributed by atoms with van der Waals surface area (Å²) in [5.41, 5.74) is 9.09. The van der Waals surface area contributed by atoms with Gasteiger partial charge in [0, 0.05) is 11.1 Å². The molecular formula is C33H25N2P. The predicted molar refractivity (Wildman–Crippen MR) is 158 cm³/mol. The van der Waals surface area contributed by atoms with Crippen LogP contribution in [0.1, 0.15) is 0 Å².